The molecule has 304 valence electrons. The average molecular weight is 773 g/mol. The van der Waals surface area contributed by atoms with Gasteiger partial charge in [-0.25, -0.2) is 0 Å². The number of hydrogen-bond donors (Lipinski definition) is 2. The van der Waals surface area contributed by atoms with E-state index in [4.69, 9.17) is 9.47 Å². The van der Waals surface area contributed by atoms with Crippen LogP contribution in [0, 0.1) is 35.5 Å². The smallest absolute Gasteiger partial charge is 0.311 e. The molecule has 8 rings (SSSR count). The van der Waals surface area contributed by atoms with Gasteiger partial charge < -0.3 is 28.8 Å². The number of rotatable bonds is 10. The standard InChI is InChI=1S/2C22H30N2O4/c2*1-3-6-15-9-10-17-20-19(22(27)28-2)16(13-25)18(12-24(17)21(15)26)23(20)11-14-7-4-5-8-14/h2*3,6,9-10,14,16,18-20,25H,4-5,7-8,11-13H2,1-2H3/b6-3+;6-3-/t2*16-,18-,19+,20+/m11/s1. The first kappa shape index (κ1) is 40.4. The molecule has 6 aliphatic rings. The molecule has 0 amide bonds. The monoisotopic (exact) mass is 772 g/mol. The number of aliphatic hydroxyl groups excluding tert-OH is 2. The Kier molecular flexibility index (Phi) is 12.5. The number of allylic oxidation sites excluding steroid dienone is 2. The zero-order valence-electron chi connectivity index (χ0n) is 33.4. The van der Waals surface area contributed by atoms with E-state index in [2.05, 4.69) is 9.80 Å². The van der Waals surface area contributed by atoms with Gasteiger partial charge in [-0.2, -0.15) is 0 Å². The fraction of sp³-hybridized carbons (Fsp3) is 0.636. The lowest BCUT2D eigenvalue weighted by Crippen LogP contribution is -2.48. The number of carbonyl (C=O) groups is 2. The van der Waals surface area contributed by atoms with Crippen LogP contribution in [0.3, 0.4) is 0 Å². The van der Waals surface area contributed by atoms with Gasteiger partial charge in [-0.3, -0.25) is 29.0 Å². The predicted molar refractivity (Wildman–Crippen MR) is 213 cm³/mol. The number of ether oxygens (including phenoxy) is 2. The Morgan fingerprint density at radius 3 is 1.36 bits per heavy atom. The summed E-state index contributed by atoms with van der Waals surface area (Å²) >= 11 is 0. The Morgan fingerprint density at radius 2 is 1.04 bits per heavy atom. The van der Waals surface area contributed by atoms with Crippen molar-refractivity contribution in [2.24, 2.45) is 35.5 Å². The quantitative estimate of drug-likeness (QED) is 0.334. The number of nitrogens with zero attached hydrogens (tertiary/aromatic N) is 4. The lowest BCUT2D eigenvalue weighted by molar-refractivity contribution is -0.149. The number of hydrogen-bond acceptors (Lipinski definition) is 10. The number of esters is 2. The van der Waals surface area contributed by atoms with Crippen molar-refractivity contribution in [1.82, 2.24) is 18.9 Å². The summed E-state index contributed by atoms with van der Waals surface area (Å²) in [4.78, 5) is 56.3. The minimum Gasteiger partial charge on any atom is -0.469 e. The van der Waals surface area contributed by atoms with Crippen molar-refractivity contribution in [2.45, 2.75) is 102 Å². The van der Waals surface area contributed by atoms with E-state index in [0.29, 0.717) is 36.1 Å². The highest BCUT2D eigenvalue weighted by atomic mass is 16.5. The number of methoxy groups -OCH3 is 2. The Morgan fingerprint density at radius 1 is 0.661 bits per heavy atom. The molecular weight excluding hydrogens is 713 g/mol. The van der Waals surface area contributed by atoms with E-state index in [-0.39, 0.29) is 72.3 Å². The first-order valence-corrected chi connectivity index (χ1v) is 20.8. The van der Waals surface area contributed by atoms with Gasteiger partial charge in [0.2, 0.25) is 0 Å². The Labute approximate surface area is 329 Å². The SMILES string of the molecule is C/C=C/c1ccc2n(c1=O)C[C@@H]1[C@@H](CO)[C@H](C(=O)OC)[C@H]2N1CC1CCCC1.C/C=C\c1ccc2n(c1=O)C[C@@H]1[C@@H](CO)[C@H](C(=O)OC)[C@H]2N1CC1CCCC1. The summed E-state index contributed by atoms with van der Waals surface area (Å²) in [6.07, 6.45) is 17.3. The van der Waals surface area contributed by atoms with Gasteiger partial charge >= 0.3 is 11.9 Å². The van der Waals surface area contributed by atoms with Gasteiger partial charge in [0, 0.05) is 85.8 Å². The third-order valence-corrected chi connectivity index (χ3v) is 13.9. The molecule has 2 saturated heterocycles. The van der Waals surface area contributed by atoms with Crippen LogP contribution < -0.4 is 11.1 Å². The Balaban J connectivity index is 0.000000172. The third kappa shape index (κ3) is 7.16. The molecule has 2 aromatic heterocycles. The lowest BCUT2D eigenvalue weighted by atomic mass is 9.87. The van der Waals surface area contributed by atoms with Gasteiger partial charge in [-0.1, -0.05) is 50.0 Å². The second-order valence-electron chi connectivity index (χ2n) is 16.8. The van der Waals surface area contributed by atoms with Crippen molar-refractivity contribution < 1.29 is 29.3 Å². The topological polar surface area (TPSA) is 144 Å². The maximum Gasteiger partial charge on any atom is 0.311 e. The van der Waals surface area contributed by atoms with Crippen LogP contribution in [-0.2, 0) is 32.2 Å². The largest absolute Gasteiger partial charge is 0.469 e. The van der Waals surface area contributed by atoms with Crippen LogP contribution >= 0.6 is 0 Å². The minimum atomic E-state index is -0.442. The van der Waals surface area contributed by atoms with Crippen LogP contribution in [0.25, 0.3) is 12.2 Å². The minimum absolute atomic E-state index is 0.0201. The van der Waals surface area contributed by atoms with Gasteiger partial charge in [-0.15, -0.1) is 0 Å². The molecule has 2 aliphatic carbocycles. The molecule has 0 unspecified atom stereocenters. The Bertz CT molecular complexity index is 1790. The molecule has 4 bridgehead atoms. The van der Waals surface area contributed by atoms with E-state index in [1.807, 2.05) is 71.6 Å². The first-order chi connectivity index (χ1) is 27.2. The molecule has 4 fully saturated rings. The molecule has 2 saturated carbocycles. The van der Waals surface area contributed by atoms with Crippen molar-refractivity contribution in [1.29, 1.82) is 0 Å². The van der Waals surface area contributed by atoms with Crippen molar-refractivity contribution in [3.8, 4) is 0 Å². The molecule has 0 spiro atoms. The van der Waals surface area contributed by atoms with E-state index in [9.17, 15) is 29.4 Å². The lowest BCUT2D eigenvalue weighted by Gasteiger charge is -2.39. The van der Waals surface area contributed by atoms with E-state index in [1.165, 1.54) is 65.6 Å². The molecule has 2 aromatic rings. The van der Waals surface area contributed by atoms with Gasteiger partial charge in [0.15, 0.2) is 0 Å². The van der Waals surface area contributed by atoms with Crippen LogP contribution in [0.5, 0.6) is 0 Å². The molecule has 56 heavy (non-hydrogen) atoms. The molecule has 0 aromatic carbocycles. The maximum absolute atomic E-state index is 13.0. The summed E-state index contributed by atoms with van der Waals surface area (Å²) in [7, 11) is 2.81. The van der Waals surface area contributed by atoms with Crippen molar-refractivity contribution in [3.63, 3.8) is 0 Å². The second-order valence-corrected chi connectivity index (χ2v) is 16.8. The maximum atomic E-state index is 13.0. The highest BCUT2D eigenvalue weighted by molar-refractivity contribution is 5.75. The highest BCUT2D eigenvalue weighted by Gasteiger charge is 2.58. The fourth-order valence-corrected chi connectivity index (χ4v) is 11.4. The summed E-state index contributed by atoms with van der Waals surface area (Å²) in [6.45, 7) is 6.51. The molecule has 8 atom stereocenters. The summed E-state index contributed by atoms with van der Waals surface area (Å²) in [5.41, 5.74) is 3.02. The van der Waals surface area contributed by atoms with Crippen LogP contribution in [0.1, 0.15) is 99.8 Å². The van der Waals surface area contributed by atoms with E-state index < -0.39 is 11.8 Å². The molecule has 12 nitrogen and oxygen atoms in total. The number of fused-ring (bicyclic) bond motifs is 8. The number of carbonyl (C=O) groups excluding carboxylic acids is 2. The number of aromatic nitrogens is 2. The van der Waals surface area contributed by atoms with Crippen LogP contribution in [-0.4, -0.2) is 93.7 Å². The zero-order valence-corrected chi connectivity index (χ0v) is 33.4. The molecule has 6 heterocycles. The predicted octanol–water partition coefficient (Wildman–Crippen LogP) is 4.42. The second kappa shape index (κ2) is 17.3. The van der Waals surface area contributed by atoms with Gasteiger partial charge in [0.25, 0.3) is 11.1 Å². The van der Waals surface area contributed by atoms with Crippen molar-refractivity contribution in [3.05, 3.63) is 79.6 Å². The third-order valence-electron chi connectivity index (χ3n) is 13.9. The summed E-state index contributed by atoms with van der Waals surface area (Å²) in [6, 6.07) is 7.19. The molecule has 12 heteroatoms. The summed E-state index contributed by atoms with van der Waals surface area (Å²) in [5, 5.41) is 20.3. The van der Waals surface area contributed by atoms with Crippen LogP contribution in [0.4, 0.5) is 0 Å². The average Bonchev–Trinajstić information content (AvgIpc) is 4.00. The van der Waals surface area contributed by atoms with E-state index in [1.54, 1.807) is 0 Å². The van der Waals surface area contributed by atoms with E-state index >= 15 is 0 Å². The zero-order chi connectivity index (χ0) is 39.7. The fourth-order valence-electron chi connectivity index (χ4n) is 11.4. The summed E-state index contributed by atoms with van der Waals surface area (Å²) < 4.78 is 13.9. The van der Waals surface area contributed by atoms with Crippen LogP contribution in [0.15, 0.2) is 46.0 Å². The van der Waals surface area contributed by atoms with Gasteiger partial charge in [-0.05, 0) is 75.6 Å². The molecular formula is C44H60N4O8. The number of pyridine rings is 2. The van der Waals surface area contributed by atoms with Gasteiger partial charge in [0.05, 0.1) is 38.1 Å². The van der Waals surface area contributed by atoms with Crippen molar-refractivity contribution >= 4 is 24.1 Å². The van der Waals surface area contributed by atoms with Crippen LogP contribution in [0.2, 0.25) is 0 Å². The first-order valence-electron chi connectivity index (χ1n) is 20.8. The molecule has 0 radical (unpaired) electrons. The van der Waals surface area contributed by atoms with Gasteiger partial charge in [0.1, 0.15) is 0 Å². The molecule has 2 N–H and O–H groups in total. The van der Waals surface area contributed by atoms with E-state index in [0.717, 1.165) is 24.5 Å². The highest BCUT2D eigenvalue weighted by Crippen LogP contribution is 2.51. The number of aliphatic hydroxyl groups is 2. The van der Waals surface area contributed by atoms with Crippen molar-refractivity contribution in [2.75, 3.05) is 40.5 Å². The Hall–Kier alpha value is -3.84. The molecule has 4 aliphatic heterocycles. The summed E-state index contributed by atoms with van der Waals surface area (Å²) in [5.74, 6) is -0.652. The normalized spacial score (nSPS) is 30.1.